The minimum absolute atomic E-state index is 0.251. The summed E-state index contributed by atoms with van der Waals surface area (Å²) in [6.45, 7) is 0.502. The maximum atomic E-state index is 11.6. The topological polar surface area (TPSA) is 76.7 Å². The maximum Gasteiger partial charge on any atom is 0.411 e. The summed E-state index contributed by atoms with van der Waals surface area (Å²) in [4.78, 5) is 23.2. The minimum atomic E-state index is -0.531. The normalized spacial score (nSPS) is 10.1. The zero-order chi connectivity index (χ0) is 19.5. The molecule has 27 heavy (non-hydrogen) atoms. The number of hydrogen-bond donors (Lipinski definition) is 2. The molecule has 0 bridgehead atoms. The molecule has 9 heteroatoms. The van der Waals surface area contributed by atoms with Crippen molar-refractivity contribution in [3.05, 3.63) is 58.6 Å². The first-order valence-electron chi connectivity index (χ1n) is 7.99. The first-order chi connectivity index (χ1) is 13.0. The van der Waals surface area contributed by atoms with Crippen LogP contribution in [0.25, 0.3) is 0 Å². The number of carbonyl (C=O) groups excluding carboxylic acids is 2. The van der Waals surface area contributed by atoms with Crippen molar-refractivity contribution in [1.82, 2.24) is 0 Å². The molecule has 2 rings (SSSR count). The van der Waals surface area contributed by atoms with Gasteiger partial charge in [0, 0.05) is 32.9 Å². The minimum Gasteiger partial charge on any atom is -0.448 e. The summed E-state index contributed by atoms with van der Waals surface area (Å²) in [5.41, 5.74) is 1.22. The molecular formula is C18H18Cl2N2O4S. The highest BCUT2D eigenvalue weighted by atomic mass is 35.5. The van der Waals surface area contributed by atoms with Crippen LogP contribution in [0.5, 0.6) is 0 Å². The van der Waals surface area contributed by atoms with E-state index in [2.05, 4.69) is 10.6 Å². The van der Waals surface area contributed by atoms with Crippen LogP contribution in [0, 0.1) is 0 Å². The number of rotatable bonds is 8. The lowest BCUT2D eigenvalue weighted by molar-refractivity contribution is 0.168. The van der Waals surface area contributed by atoms with Crippen LogP contribution >= 0.6 is 35.0 Å². The lowest BCUT2D eigenvalue weighted by Gasteiger charge is -2.08. The van der Waals surface area contributed by atoms with Gasteiger partial charge < -0.3 is 9.47 Å². The van der Waals surface area contributed by atoms with Gasteiger partial charge in [0.1, 0.15) is 13.2 Å². The molecule has 0 unspecified atom stereocenters. The fraction of sp³-hybridized carbons (Fsp3) is 0.222. The zero-order valence-corrected chi connectivity index (χ0v) is 16.6. The molecule has 144 valence electrons. The summed E-state index contributed by atoms with van der Waals surface area (Å²) in [6.07, 6.45) is -1.06. The van der Waals surface area contributed by atoms with Crippen molar-refractivity contribution < 1.29 is 19.1 Å². The van der Waals surface area contributed by atoms with Crippen molar-refractivity contribution in [2.75, 3.05) is 35.4 Å². The Morgan fingerprint density at radius 2 is 1.11 bits per heavy atom. The third-order valence-corrected chi connectivity index (χ3v) is 4.52. The third-order valence-electron chi connectivity index (χ3n) is 3.10. The molecule has 2 aromatic carbocycles. The Morgan fingerprint density at radius 3 is 1.48 bits per heavy atom. The quantitative estimate of drug-likeness (QED) is 0.540. The first-order valence-corrected chi connectivity index (χ1v) is 9.90. The van der Waals surface area contributed by atoms with Gasteiger partial charge in [-0.15, -0.1) is 0 Å². The molecule has 0 aliphatic carbocycles. The van der Waals surface area contributed by atoms with Crippen LogP contribution in [0.3, 0.4) is 0 Å². The molecular weight excluding hydrogens is 411 g/mol. The van der Waals surface area contributed by atoms with Gasteiger partial charge in [-0.3, -0.25) is 10.6 Å². The van der Waals surface area contributed by atoms with Gasteiger partial charge in [-0.25, -0.2) is 9.59 Å². The summed E-state index contributed by atoms with van der Waals surface area (Å²) in [6, 6.07) is 13.4. The number of hydrogen-bond acceptors (Lipinski definition) is 5. The second-order valence-electron chi connectivity index (χ2n) is 5.15. The molecule has 0 aliphatic heterocycles. The number of benzene rings is 2. The van der Waals surface area contributed by atoms with E-state index in [4.69, 9.17) is 32.7 Å². The SMILES string of the molecule is O=C(Nc1ccc(Cl)cc1)OCCSCCOC(=O)Nc1ccc(Cl)cc1. The Labute approximate surface area is 171 Å². The van der Waals surface area contributed by atoms with Crippen molar-refractivity contribution in [2.24, 2.45) is 0 Å². The summed E-state index contributed by atoms with van der Waals surface area (Å²) in [5, 5.41) is 6.38. The molecule has 2 aromatic rings. The lowest BCUT2D eigenvalue weighted by atomic mass is 10.3. The van der Waals surface area contributed by atoms with Crippen molar-refractivity contribution in [1.29, 1.82) is 0 Å². The molecule has 0 heterocycles. The highest BCUT2D eigenvalue weighted by Crippen LogP contribution is 2.14. The predicted molar refractivity (Wildman–Crippen MR) is 110 cm³/mol. The average molecular weight is 429 g/mol. The average Bonchev–Trinajstić information content (AvgIpc) is 2.65. The number of nitrogens with one attached hydrogen (secondary N) is 2. The number of ether oxygens (including phenoxy) is 2. The van der Waals surface area contributed by atoms with E-state index in [1.165, 1.54) is 11.8 Å². The van der Waals surface area contributed by atoms with Crippen LogP contribution < -0.4 is 10.6 Å². The van der Waals surface area contributed by atoms with Crippen molar-refractivity contribution in [3.8, 4) is 0 Å². The first kappa shape index (κ1) is 21.2. The molecule has 0 saturated carbocycles. The lowest BCUT2D eigenvalue weighted by Crippen LogP contribution is -2.16. The fourth-order valence-electron chi connectivity index (χ4n) is 1.86. The number of thioether (sulfide) groups is 1. The molecule has 0 saturated heterocycles. The highest BCUT2D eigenvalue weighted by Gasteiger charge is 2.04. The smallest absolute Gasteiger partial charge is 0.411 e. The monoisotopic (exact) mass is 428 g/mol. The van der Waals surface area contributed by atoms with E-state index in [0.717, 1.165) is 0 Å². The van der Waals surface area contributed by atoms with Crippen LogP contribution in [0.2, 0.25) is 10.0 Å². The Balaban J connectivity index is 1.49. The van der Waals surface area contributed by atoms with Gasteiger partial charge in [0.25, 0.3) is 0 Å². The molecule has 0 fully saturated rings. The van der Waals surface area contributed by atoms with Gasteiger partial charge in [-0.1, -0.05) is 23.2 Å². The number of amides is 2. The van der Waals surface area contributed by atoms with Gasteiger partial charge in [0.05, 0.1) is 0 Å². The number of anilines is 2. The fourth-order valence-corrected chi connectivity index (χ4v) is 2.72. The molecule has 0 atom stereocenters. The Hall–Kier alpha value is -2.09. The second kappa shape index (κ2) is 11.6. The van der Waals surface area contributed by atoms with Crippen LogP contribution in [-0.2, 0) is 9.47 Å². The van der Waals surface area contributed by atoms with Gasteiger partial charge in [-0.05, 0) is 48.5 Å². The predicted octanol–water partition coefficient (Wildman–Crippen LogP) is 5.52. The largest absolute Gasteiger partial charge is 0.448 e. The number of halogens is 2. The molecule has 6 nitrogen and oxygen atoms in total. The maximum absolute atomic E-state index is 11.6. The summed E-state index contributed by atoms with van der Waals surface area (Å²) < 4.78 is 10.1. The van der Waals surface area contributed by atoms with Gasteiger partial charge in [0.15, 0.2) is 0 Å². The van der Waals surface area contributed by atoms with Crippen LogP contribution in [0.4, 0.5) is 21.0 Å². The molecule has 2 N–H and O–H groups in total. The van der Waals surface area contributed by atoms with E-state index in [1.54, 1.807) is 48.5 Å². The third kappa shape index (κ3) is 8.90. The molecule has 0 aliphatic rings. The molecule has 0 aromatic heterocycles. The van der Waals surface area contributed by atoms with Crippen molar-refractivity contribution >= 4 is 58.5 Å². The van der Waals surface area contributed by atoms with Gasteiger partial charge in [-0.2, -0.15) is 11.8 Å². The Kier molecular flexibility index (Phi) is 9.10. The summed E-state index contributed by atoms with van der Waals surface area (Å²) in [7, 11) is 0. The van der Waals surface area contributed by atoms with Gasteiger partial charge >= 0.3 is 12.2 Å². The Morgan fingerprint density at radius 1 is 0.741 bits per heavy atom. The molecule has 0 spiro atoms. The van der Waals surface area contributed by atoms with E-state index in [9.17, 15) is 9.59 Å². The van der Waals surface area contributed by atoms with Crippen LogP contribution in [0.1, 0.15) is 0 Å². The van der Waals surface area contributed by atoms with E-state index < -0.39 is 12.2 Å². The summed E-state index contributed by atoms with van der Waals surface area (Å²) in [5.74, 6) is 1.19. The Bertz CT molecular complexity index is 679. The van der Waals surface area contributed by atoms with Crippen LogP contribution in [-0.4, -0.2) is 36.9 Å². The van der Waals surface area contributed by atoms with E-state index in [-0.39, 0.29) is 13.2 Å². The van der Waals surface area contributed by atoms with Gasteiger partial charge in [0.2, 0.25) is 0 Å². The van der Waals surface area contributed by atoms with E-state index >= 15 is 0 Å². The van der Waals surface area contributed by atoms with Crippen molar-refractivity contribution in [3.63, 3.8) is 0 Å². The van der Waals surface area contributed by atoms with E-state index in [0.29, 0.717) is 32.9 Å². The van der Waals surface area contributed by atoms with Crippen molar-refractivity contribution in [2.45, 2.75) is 0 Å². The van der Waals surface area contributed by atoms with Crippen LogP contribution in [0.15, 0.2) is 48.5 Å². The second-order valence-corrected chi connectivity index (χ2v) is 7.25. The zero-order valence-electron chi connectivity index (χ0n) is 14.2. The standard InChI is InChI=1S/C18H18Cl2N2O4S/c19-13-1-5-15(6-2-13)21-17(23)25-9-11-27-12-10-26-18(24)22-16-7-3-14(20)4-8-16/h1-8H,9-12H2,(H,21,23)(H,22,24). The molecule has 0 radical (unpaired) electrons. The summed E-state index contributed by atoms with van der Waals surface area (Å²) >= 11 is 13.1. The van der Waals surface area contributed by atoms with E-state index in [1.807, 2.05) is 0 Å². The molecule has 2 amide bonds. The number of carbonyl (C=O) groups is 2. The highest BCUT2D eigenvalue weighted by molar-refractivity contribution is 7.99.